The molecule has 0 bridgehead atoms. The molecule has 2 fully saturated rings. The molecule has 4 rings (SSSR count). The van der Waals surface area contributed by atoms with Crippen LogP contribution in [0.1, 0.15) is 17.1 Å². The second-order valence-corrected chi connectivity index (χ2v) is 6.36. The van der Waals surface area contributed by atoms with Gasteiger partial charge in [-0.05, 0) is 20.8 Å². The highest BCUT2D eigenvalue weighted by atomic mass is 16.5. The fraction of sp³-hybridized carbons (Fsp3) is 0.600. The second-order valence-electron chi connectivity index (χ2n) is 6.36. The number of fused-ring (bicyclic) bond motifs is 1. The zero-order valence-corrected chi connectivity index (χ0v) is 13.2. The van der Waals surface area contributed by atoms with E-state index in [-0.39, 0.29) is 0 Å². The minimum atomic E-state index is 0.627. The van der Waals surface area contributed by atoms with Crippen LogP contribution in [-0.2, 0) is 0 Å². The van der Waals surface area contributed by atoms with Gasteiger partial charge in [0.25, 0.3) is 0 Å². The lowest BCUT2D eigenvalue weighted by atomic mass is 10.0. The summed E-state index contributed by atoms with van der Waals surface area (Å²) in [6, 6.07) is 0.660. The third-order valence-corrected chi connectivity index (χ3v) is 4.88. The zero-order chi connectivity index (χ0) is 15.3. The average molecular weight is 300 g/mol. The van der Waals surface area contributed by atoms with E-state index < -0.39 is 0 Å². The van der Waals surface area contributed by atoms with Crippen LogP contribution >= 0.6 is 0 Å². The van der Waals surface area contributed by atoms with Crippen LogP contribution in [0.4, 0.5) is 11.8 Å². The molecule has 0 aromatic carbocycles. The van der Waals surface area contributed by atoms with E-state index in [1.165, 1.54) is 5.56 Å². The van der Waals surface area contributed by atoms with Crippen molar-refractivity contribution in [1.82, 2.24) is 20.1 Å². The summed E-state index contributed by atoms with van der Waals surface area (Å²) in [7, 11) is 0. The van der Waals surface area contributed by atoms with Crippen molar-refractivity contribution in [1.29, 1.82) is 0 Å². The normalized spacial score (nSPS) is 24.1. The van der Waals surface area contributed by atoms with Crippen LogP contribution in [-0.4, -0.2) is 46.3 Å². The molecule has 0 N–H and O–H groups in total. The molecule has 2 atom stereocenters. The average Bonchev–Trinajstić information content (AvgIpc) is 3.15. The van der Waals surface area contributed by atoms with E-state index in [2.05, 4.69) is 36.8 Å². The van der Waals surface area contributed by atoms with E-state index in [1.807, 2.05) is 13.8 Å². The van der Waals surface area contributed by atoms with E-state index >= 15 is 0 Å². The summed E-state index contributed by atoms with van der Waals surface area (Å²) in [5.74, 6) is 3.03. The number of anilines is 2. The lowest BCUT2D eigenvalue weighted by molar-refractivity contribution is 0.411. The molecule has 2 aliphatic rings. The van der Waals surface area contributed by atoms with E-state index in [9.17, 15) is 0 Å². The molecule has 7 nitrogen and oxygen atoms in total. The Hall–Kier alpha value is -2.18. The minimum absolute atomic E-state index is 0.627. The molecular formula is C15H20N6O. The Bertz CT molecular complexity index is 685. The lowest BCUT2D eigenvalue weighted by Gasteiger charge is -2.22. The Labute approximate surface area is 129 Å². The van der Waals surface area contributed by atoms with Crippen LogP contribution in [0.3, 0.4) is 0 Å². The van der Waals surface area contributed by atoms with E-state index in [4.69, 9.17) is 4.52 Å². The Morgan fingerprint density at radius 3 is 2.32 bits per heavy atom. The van der Waals surface area contributed by atoms with Gasteiger partial charge in [0.2, 0.25) is 0 Å². The summed E-state index contributed by atoms with van der Waals surface area (Å²) < 4.78 is 5.29. The smallest absolute Gasteiger partial charge is 0.324 e. The number of rotatable bonds is 2. The Kier molecular flexibility index (Phi) is 3.02. The Morgan fingerprint density at radius 1 is 1.00 bits per heavy atom. The molecule has 2 aliphatic heterocycles. The summed E-state index contributed by atoms with van der Waals surface area (Å²) in [6.45, 7) is 10.0. The quantitative estimate of drug-likeness (QED) is 0.829. The third kappa shape index (κ3) is 2.12. The molecule has 0 spiro atoms. The monoisotopic (exact) mass is 300 g/mol. The largest absolute Gasteiger partial charge is 0.356 e. The van der Waals surface area contributed by atoms with Gasteiger partial charge in [-0.1, -0.05) is 5.16 Å². The van der Waals surface area contributed by atoms with Crippen molar-refractivity contribution in [3.63, 3.8) is 0 Å². The first kappa shape index (κ1) is 13.5. The third-order valence-electron chi connectivity index (χ3n) is 4.88. The molecule has 116 valence electrons. The summed E-state index contributed by atoms with van der Waals surface area (Å²) in [4.78, 5) is 17.7. The number of nitrogens with zero attached hydrogens (tertiary/aromatic N) is 6. The van der Waals surface area contributed by atoms with Crippen molar-refractivity contribution >= 4 is 11.8 Å². The van der Waals surface area contributed by atoms with Crippen LogP contribution in [0.15, 0.2) is 10.9 Å². The molecule has 2 aromatic heterocycles. The van der Waals surface area contributed by atoms with Gasteiger partial charge in [0.05, 0.1) is 0 Å². The maximum atomic E-state index is 5.29. The van der Waals surface area contributed by atoms with E-state index in [1.54, 1.807) is 6.33 Å². The van der Waals surface area contributed by atoms with E-state index in [0.29, 0.717) is 23.7 Å². The van der Waals surface area contributed by atoms with Gasteiger partial charge >= 0.3 is 6.01 Å². The summed E-state index contributed by atoms with van der Waals surface area (Å²) in [5, 5.41) is 3.88. The van der Waals surface area contributed by atoms with Crippen molar-refractivity contribution in [2.75, 3.05) is 36.0 Å². The summed E-state index contributed by atoms with van der Waals surface area (Å²) >= 11 is 0. The molecule has 0 saturated carbocycles. The van der Waals surface area contributed by atoms with Crippen molar-refractivity contribution in [2.24, 2.45) is 11.8 Å². The Morgan fingerprint density at radius 2 is 1.68 bits per heavy atom. The molecule has 0 amide bonds. The highest BCUT2D eigenvalue weighted by molar-refractivity contribution is 5.49. The first-order valence-electron chi connectivity index (χ1n) is 7.70. The summed E-state index contributed by atoms with van der Waals surface area (Å²) in [6.07, 6.45) is 1.67. The summed E-state index contributed by atoms with van der Waals surface area (Å²) in [5.41, 5.74) is 2.25. The molecule has 22 heavy (non-hydrogen) atoms. The zero-order valence-electron chi connectivity index (χ0n) is 13.2. The fourth-order valence-electron chi connectivity index (χ4n) is 3.58. The number of hydrogen-bond acceptors (Lipinski definition) is 7. The predicted molar refractivity (Wildman–Crippen MR) is 81.9 cm³/mol. The maximum Gasteiger partial charge on any atom is 0.324 e. The molecule has 4 heterocycles. The predicted octanol–water partition coefficient (Wildman–Crippen LogP) is 1.36. The van der Waals surface area contributed by atoms with Gasteiger partial charge in [0.1, 0.15) is 12.1 Å². The van der Waals surface area contributed by atoms with Crippen LogP contribution < -0.4 is 9.80 Å². The SMILES string of the molecule is Cc1noc(N2CC3CN(c4ncnc(C)c4C)CC3C2)n1. The fourth-order valence-corrected chi connectivity index (χ4v) is 3.58. The second kappa shape index (κ2) is 4.93. The molecule has 0 radical (unpaired) electrons. The van der Waals surface area contributed by atoms with Crippen LogP contribution in [0.25, 0.3) is 0 Å². The number of aromatic nitrogens is 4. The first-order chi connectivity index (χ1) is 10.6. The van der Waals surface area contributed by atoms with Gasteiger partial charge in [0.15, 0.2) is 5.82 Å². The standard InChI is InChI=1S/C15H20N6O/c1-9-10(2)16-8-17-14(9)20-4-12-6-21(7-13(12)5-20)15-18-11(3)19-22-15/h8,12-13H,4-7H2,1-3H3. The van der Waals surface area contributed by atoms with Crippen LogP contribution in [0.2, 0.25) is 0 Å². The molecule has 2 saturated heterocycles. The molecule has 2 aromatic rings. The van der Waals surface area contributed by atoms with Crippen LogP contribution in [0.5, 0.6) is 0 Å². The van der Waals surface area contributed by atoms with Crippen molar-refractivity contribution in [2.45, 2.75) is 20.8 Å². The molecule has 0 aliphatic carbocycles. The number of hydrogen-bond donors (Lipinski definition) is 0. The highest BCUT2D eigenvalue weighted by Gasteiger charge is 2.42. The van der Waals surface area contributed by atoms with Gasteiger partial charge in [-0.25, -0.2) is 9.97 Å². The first-order valence-corrected chi connectivity index (χ1v) is 7.70. The molecular weight excluding hydrogens is 280 g/mol. The molecule has 2 unspecified atom stereocenters. The van der Waals surface area contributed by atoms with Gasteiger partial charge in [-0.2, -0.15) is 4.98 Å². The van der Waals surface area contributed by atoms with E-state index in [0.717, 1.165) is 37.7 Å². The topological polar surface area (TPSA) is 71.2 Å². The maximum absolute atomic E-state index is 5.29. The van der Waals surface area contributed by atoms with Gasteiger partial charge < -0.3 is 14.3 Å². The van der Waals surface area contributed by atoms with Crippen LogP contribution in [0, 0.1) is 32.6 Å². The highest BCUT2D eigenvalue weighted by Crippen LogP contribution is 2.35. The van der Waals surface area contributed by atoms with Crippen molar-refractivity contribution in [3.05, 3.63) is 23.4 Å². The van der Waals surface area contributed by atoms with Gasteiger partial charge in [-0.3, -0.25) is 0 Å². The van der Waals surface area contributed by atoms with Gasteiger partial charge in [0, 0.05) is 49.3 Å². The van der Waals surface area contributed by atoms with Crippen molar-refractivity contribution in [3.8, 4) is 0 Å². The van der Waals surface area contributed by atoms with Crippen molar-refractivity contribution < 1.29 is 4.52 Å². The molecule has 7 heteroatoms. The lowest BCUT2D eigenvalue weighted by Crippen LogP contribution is -2.30. The minimum Gasteiger partial charge on any atom is -0.356 e. The number of aryl methyl sites for hydroxylation is 2. The Balaban J connectivity index is 1.49. The van der Waals surface area contributed by atoms with Gasteiger partial charge in [-0.15, -0.1) is 0 Å².